The molecule has 1 heterocycles. The molecule has 0 aliphatic carbocycles. The van der Waals surface area contributed by atoms with Crippen LogP contribution in [-0.4, -0.2) is 4.98 Å². The van der Waals surface area contributed by atoms with Gasteiger partial charge in [-0.15, -0.1) is 0 Å². The molecule has 1 aromatic heterocycles. The Kier molecular flexibility index (Phi) is 2.06. The second-order valence-corrected chi connectivity index (χ2v) is 3.63. The number of hydrogen-bond acceptors (Lipinski definition) is 2. The molecule has 0 fully saturated rings. The lowest BCUT2D eigenvalue weighted by molar-refractivity contribution is 1.25. The lowest BCUT2D eigenvalue weighted by Gasteiger charge is -2.00. The van der Waals surface area contributed by atoms with Gasteiger partial charge < -0.3 is 4.98 Å². The third-order valence-electron chi connectivity index (χ3n) is 2.09. The molecule has 68 valence electrons. The first-order chi connectivity index (χ1) is 6.70. The first kappa shape index (κ1) is 8.92. The number of aryl methyl sites for hydroxylation is 1. The minimum absolute atomic E-state index is 0.640. The van der Waals surface area contributed by atoms with Crippen LogP contribution in [0.1, 0.15) is 11.3 Å². The van der Waals surface area contributed by atoms with Crippen LogP contribution in [0.3, 0.4) is 0 Å². The highest BCUT2D eigenvalue weighted by atomic mass is 32.1. The predicted octanol–water partition coefficient (Wildman–Crippen LogP) is 3.08. The number of H-pyrrole nitrogens is 1. The fraction of sp³-hybridized carbons (Fsp3) is 0.0909. The highest BCUT2D eigenvalue weighted by Gasteiger charge is 1.98. The van der Waals surface area contributed by atoms with Crippen LogP contribution < -0.4 is 0 Å². The topological polar surface area (TPSA) is 39.6 Å². The van der Waals surface area contributed by atoms with Crippen molar-refractivity contribution in [1.82, 2.24) is 4.98 Å². The molecule has 1 aromatic carbocycles. The summed E-state index contributed by atoms with van der Waals surface area (Å²) in [6.45, 7) is 1.97. The van der Waals surface area contributed by atoms with Crippen molar-refractivity contribution in [3.05, 3.63) is 40.0 Å². The first-order valence-electron chi connectivity index (χ1n) is 4.24. The largest absolute Gasteiger partial charge is 0.359 e. The Morgan fingerprint density at radius 1 is 1.36 bits per heavy atom. The van der Waals surface area contributed by atoms with E-state index in [-0.39, 0.29) is 0 Å². The van der Waals surface area contributed by atoms with Crippen LogP contribution >= 0.6 is 12.2 Å². The maximum Gasteiger partial charge on any atom is 0.0991 e. The summed E-state index contributed by atoms with van der Waals surface area (Å²) in [4.78, 5) is 3.21. The number of pyridine rings is 1. The van der Waals surface area contributed by atoms with Gasteiger partial charge in [-0.1, -0.05) is 12.2 Å². The summed E-state index contributed by atoms with van der Waals surface area (Å²) in [5.74, 6) is 0. The van der Waals surface area contributed by atoms with E-state index in [0.29, 0.717) is 5.56 Å². The zero-order valence-electron chi connectivity index (χ0n) is 7.66. The van der Waals surface area contributed by atoms with Crippen LogP contribution in [-0.2, 0) is 0 Å². The fourth-order valence-corrected chi connectivity index (χ4v) is 1.80. The van der Waals surface area contributed by atoms with E-state index < -0.39 is 0 Å². The lowest BCUT2D eigenvalue weighted by Crippen LogP contribution is -1.85. The number of benzene rings is 1. The van der Waals surface area contributed by atoms with Crippen LogP contribution in [0.25, 0.3) is 10.9 Å². The van der Waals surface area contributed by atoms with Crippen molar-refractivity contribution in [3.8, 4) is 6.07 Å². The second-order valence-electron chi connectivity index (χ2n) is 3.19. The summed E-state index contributed by atoms with van der Waals surface area (Å²) in [6, 6.07) is 9.49. The van der Waals surface area contributed by atoms with Gasteiger partial charge in [-0.05, 0) is 31.2 Å². The van der Waals surface area contributed by atoms with Crippen LogP contribution in [0.5, 0.6) is 0 Å². The Morgan fingerprint density at radius 3 is 2.86 bits per heavy atom. The summed E-state index contributed by atoms with van der Waals surface area (Å²) in [6.07, 6.45) is 0. The summed E-state index contributed by atoms with van der Waals surface area (Å²) >= 11 is 5.22. The van der Waals surface area contributed by atoms with E-state index in [1.54, 1.807) is 6.07 Å². The van der Waals surface area contributed by atoms with E-state index in [1.807, 2.05) is 25.1 Å². The van der Waals surface area contributed by atoms with E-state index in [9.17, 15) is 0 Å². The Bertz CT molecular complexity index is 590. The molecular weight excluding hydrogens is 192 g/mol. The van der Waals surface area contributed by atoms with E-state index in [0.717, 1.165) is 21.1 Å². The van der Waals surface area contributed by atoms with Gasteiger partial charge in [0.1, 0.15) is 0 Å². The molecule has 2 aromatic rings. The SMILES string of the molecule is Cc1cc(=S)c2cc(C#N)ccc2[nH]1. The average Bonchev–Trinajstić information content (AvgIpc) is 2.17. The van der Waals surface area contributed by atoms with Gasteiger partial charge in [0, 0.05) is 21.1 Å². The number of nitrogens with one attached hydrogen (secondary N) is 1. The lowest BCUT2D eigenvalue weighted by atomic mass is 10.1. The van der Waals surface area contributed by atoms with E-state index in [2.05, 4.69) is 11.1 Å². The fourth-order valence-electron chi connectivity index (χ4n) is 1.45. The van der Waals surface area contributed by atoms with Gasteiger partial charge in [0.25, 0.3) is 0 Å². The van der Waals surface area contributed by atoms with Gasteiger partial charge in [0.15, 0.2) is 0 Å². The van der Waals surface area contributed by atoms with Crippen LogP contribution in [0.15, 0.2) is 24.3 Å². The van der Waals surface area contributed by atoms with Gasteiger partial charge in [0.05, 0.1) is 11.6 Å². The summed E-state index contributed by atoms with van der Waals surface area (Å²) in [5.41, 5.74) is 2.65. The molecule has 1 N–H and O–H groups in total. The van der Waals surface area contributed by atoms with Crippen molar-refractivity contribution in [2.75, 3.05) is 0 Å². The summed E-state index contributed by atoms with van der Waals surface area (Å²) in [7, 11) is 0. The highest BCUT2D eigenvalue weighted by molar-refractivity contribution is 7.71. The van der Waals surface area contributed by atoms with Gasteiger partial charge in [-0.25, -0.2) is 0 Å². The molecule has 14 heavy (non-hydrogen) atoms. The van der Waals surface area contributed by atoms with Crippen molar-refractivity contribution in [1.29, 1.82) is 5.26 Å². The molecule has 0 amide bonds. The Balaban J connectivity index is 2.91. The van der Waals surface area contributed by atoms with Gasteiger partial charge in [-0.3, -0.25) is 0 Å². The molecule has 3 heteroatoms. The molecule has 0 aliphatic rings. The van der Waals surface area contributed by atoms with Crippen LogP contribution in [0.2, 0.25) is 0 Å². The molecule has 2 nitrogen and oxygen atoms in total. The number of rotatable bonds is 0. The van der Waals surface area contributed by atoms with Crippen molar-refractivity contribution in [2.24, 2.45) is 0 Å². The summed E-state index contributed by atoms with van der Waals surface area (Å²) < 4.78 is 0.786. The molecule has 0 unspecified atom stereocenters. The highest BCUT2D eigenvalue weighted by Crippen LogP contribution is 2.16. The monoisotopic (exact) mass is 200 g/mol. The Hall–Kier alpha value is -1.66. The third-order valence-corrected chi connectivity index (χ3v) is 2.43. The minimum atomic E-state index is 0.640. The van der Waals surface area contributed by atoms with Crippen molar-refractivity contribution >= 4 is 23.1 Å². The smallest absolute Gasteiger partial charge is 0.0991 e. The average molecular weight is 200 g/mol. The molecule has 0 radical (unpaired) electrons. The Morgan fingerprint density at radius 2 is 2.14 bits per heavy atom. The molecule has 0 bridgehead atoms. The predicted molar refractivity (Wildman–Crippen MR) is 58.6 cm³/mol. The third kappa shape index (κ3) is 1.40. The Labute approximate surface area is 86.8 Å². The molecule has 0 spiro atoms. The van der Waals surface area contributed by atoms with Gasteiger partial charge in [0.2, 0.25) is 0 Å². The van der Waals surface area contributed by atoms with Crippen molar-refractivity contribution < 1.29 is 0 Å². The zero-order valence-corrected chi connectivity index (χ0v) is 8.48. The summed E-state index contributed by atoms with van der Waals surface area (Å²) in [5, 5.41) is 9.68. The molecule has 0 aliphatic heterocycles. The number of nitrogens with zero attached hydrogens (tertiary/aromatic N) is 1. The van der Waals surface area contributed by atoms with E-state index >= 15 is 0 Å². The number of aromatic amines is 1. The van der Waals surface area contributed by atoms with Crippen LogP contribution in [0, 0.1) is 22.8 Å². The number of nitriles is 1. The maximum atomic E-state index is 8.75. The maximum absolute atomic E-state index is 8.75. The molecule has 0 saturated carbocycles. The van der Waals surface area contributed by atoms with Crippen LogP contribution in [0.4, 0.5) is 0 Å². The minimum Gasteiger partial charge on any atom is -0.359 e. The number of fused-ring (bicyclic) bond motifs is 1. The number of hydrogen-bond donors (Lipinski definition) is 1. The molecule has 2 rings (SSSR count). The first-order valence-corrected chi connectivity index (χ1v) is 4.65. The van der Waals surface area contributed by atoms with E-state index in [1.165, 1.54) is 0 Å². The van der Waals surface area contributed by atoms with Crippen molar-refractivity contribution in [2.45, 2.75) is 6.92 Å². The zero-order chi connectivity index (χ0) is 10.1. The van der Waals surface area contributed by atoms with Crippen molar-refractivity contribution in [3.63, 3.8) is 0 Å². The quantitative estimate of drug-likeness (QED) is 0.664. The molecular formula is C11H8N2S. The standard InChI is InChI=1S/C11H8N2S/c1-7-4-11(14)9-5-8(6-12)2-3-10(9)13-7/h2-5H,1H3,(H,13,14). The van der Waals surface area contributed by atoms with Gasteiger partial charge in [-0.2, -0.15) is 5.26 Å². The normalized spacial score (nSPS) is 10.0. The number of aromatic nitrogens is 1. The second kappa shape index (κ2) is 3.24. The van der Waals surface area contributed by atoms with Gasteiger partial charge >= 0.3 is 0 Å². The van der Waals surface area contributed by atoms with E-state index in [4.69, 9.17) is 17.5 Å². The molecule has 0 saturated heterocycles. The molecule has 0 atom stereocenters.